The molecule has 0 spiro atoms. The molecule has 3 nitrogen and oxygen atoms in total. The highest BCUT2D eigenvalue weighted by Gasteiger charge is 1.99. The molecule has 0 atom stereocenters. The molecule has 0 saturated carbocycles. The van der Waals surface area contributed by atoms with Gasteiger partial charge < -0.3 is 10.6 Å². The molecular formula is C9H16N2O. The van der Waals surface area contributed by atoms with Crippen molar-refractivity contribution in [2.75, 3.05) is 13.1 Å². The van der Waals surface area contributed by atoms with Gasteiger partial charge in [0.05, 0.1) is 6.54 Å². The van der Waals surface area contributed by atoms with Crippen molar-refractivity contribution in [1.82, 2.24) is 10.6 Å². The smallest absolute Gasteiger partial charge is 0.233 e. The number of hydrogen-bond donors (Lipinski definition) is 2. The molecule has 0 aliphatic carbocycles. The number of hydrogen-bond acceptors (Lipinski definition) is 2. The van der Waals surface area contributed by atoms with Gasteiger partial charge in [-0.1, -0.05) is 13.8 Å². The Kier molecular flexibility index (Phi) is 6.12. The highest BCUT2D eigenvalue weighted by Crippen LogP contribution is 1.75. The molecule has 0 radical (unpaired) electrons. The predicted molar refractivity (Wildman–Crippen MR) is 49.6 cm³/mol. The van der Waals surface area contributed by atoms with Crippen LogP contribution in [0.1, 0.15) is 20.3 Å². The van der Waals surface area contributed by atoms with Crippen molar-refractivity contribution in [1.29, 1.82) is 0 Å². The zero-order chi connectivity index (χ0) is 9.40. The van der Waals surface area contributed by atoms with Gasteiger partial charge in [0.1, 0.15) is 0 Å². The Morgan fingerprint density at radius 3 is 2.75 bits per heavy atom. The molecule has 0 saturated heterocycles. The minimum absolute atomic E-state index is 0.000972. The molecule has 0 bridgehead atoms. The van der Waals surface area contributed by atoms with E-state index in [1.807, 2.05) is 13.8 Å². The van der Waals surface area contributed by atoms with Crippen molar-refractivity contribution < 1.29 is 4.79 Å². The van der Waals surface area contributed by atoms with Gasteiger partial charge in [0.15, 0.2) is 0 Å². The Morgan fingerprint density at radius 1 is 1.58 bits per heavy atom. The first-order valence-corrected chi connectivity index (χ1v) is 4.10. The molecule has 0 fully saturated rings. The maximum absolute atomic E-state index is 11.0. The van der Waals surface area contributed by atoms with E-state index in [4.69, 9.17) is 6.42 Å². The summed E-state index contributed by atoms with van der Waals surface area (Å²) < 4.78 is 0. The topological polar surface area (TPSA) is 41.1 Å². The summed E-state index contributed by atoms with van der Waals surface area (Å²) in [5.41, 5.74) is 0. The summed E-state index contributed by atoms with van der Waals surface area (Å²) in [6, 6.07) is 0.336. The van der Waals surface area contributed by atoms with Gasteiger partial charge in [0, 0.05) is 19.0 Å². The third kappa shape index (κ3) is 7.10. The summed E-state index contributed by atoms with van der Waals surface area (Å²) in [6.07, 6.45) is 5.61. The molecule has 1 amide bonds. The fourth-order valence-corrected chi connectivity index (χ4v) is 0.633. The Balaban J connectivity index is 3.29. The number of terminal acetylenes is 1. The maximum Gasteiger partial charge on any atom is 0.233 e. The van der Waals surface area contributed by atoms with E-state index in [1.54, 1.807) is 0 Å². The lowest BCUT2D eigenvalue weighted by molar-refractivity contribution is -0.120. The molecule has 12 heavy (non-hydrogen) atoms. The third-order valence-electron chi connectivity index (χ3n) is 1.26. The van der Waals surface area contributed by atoms with Gasteiger partial charge in [0.25, 0.3) is 0 Å². The standard InChI is InChI=1S/C9H16N2O/c1-4-5-6-10-9(12)7-11-8(2)3/h1,8,11H,5-7H2,2-3H3,(H,10,12). The normalized spacial score (nSPS) is 9.50. The summed E-state index contributed by atoms with van der Waals surface area (Å²) in [5.74, 6) is 2.45. The van der Waals surface area contributed by atoms with Gasteiger partial charge in [-0.15, -0.1) is 12.3 Å². The zero-order valence-electron chi connectivity index (χ0n) is 7.68. The summed E-state index contributed by atoms with van der Waals surface area (Å²) in [4.78, 5) is 11.0. The van der Waals surface area contributed by atoms with Crippen LogP contribution in [0.2, 0.25) is 0 Å². The largest absolute Gasteiger partial charge is 0.354 e. The van der Waals surface area contributed by atoms with Gasteiger partial charge >= 0.3 is 0 Å². The number of carbonyl (C=O) groups excluding carboxylic acids is 1. The molecule has 2 N–H and O–H groups in total. The summed E-state index contributed by atoms with van der Waals surface area (Å²) in [6.45, 7) is 4.92. The highest BCUT2D eigenvalue weighted by atomic mass is 16.1. The van der Waals surface area contributed by atoms with Crippen molar-refractivity contribution in [2.24, 2.45) is 0 Å². The van der Waals surface area contributed by atoms with Crippen molar-refractivity contribution in [3.05, 3.63) is 0 Å². The van der Waals surface area contributed by atoms with Gasteiger partial charge in [-0.3, -0.25) is 4.79 Å². The van der Waals surface area contributed by atoms with E-state index in [-0.39, 0.29) is 5.91 Å². The Morgan fingerprint density at radius 2 is 2.25 bits per heavy atom. The van der Waals surface area contributed by atoms with Crippen LogP contribution in [0.4, 0.5) is 0 Å². The van der Waals surface area contributed by atoms with E-state index in [9.17, 15) is 4.79 Å². The molecule has 0 aliphatic heterocycles. The average molecular weight is 168 g/mol. The van der Waals surface area contributed by atoms with E-state index in [0.29, 0.717) is 25.6 Å². The SMILES string of the molecule is C#CCCNC(=O)CNC(C)C. The van der Waals surface area contributed by atoms with Crippen LogP contribution in [0, 0.1) is 12.3 Å². The van der Waals surface area contributed by atoms with E-state index in [2.05, 4.69) is 16.6 Å². The Hall–Kier alpha value is -1.01. The molecule has 0 aliphatic rings. The molecule has 68 valence electrons. The lowest BCUT2D eigenvalue weighted by Crippen LogP contribution is -2.37. The first-order chi connectivity index (χ1) is 5.66. The molecule has 0 rings (SSSR count). The summed E-state index contributed by atoms with van der Waals surface area (Å²) in [5, 5.41) is 5.70. The van der Waals surface area contributed by atoms with E-state index in [0.717, 1.165) is 0 Å². The number of amides is 1. The first kappa shape index (κ1) is 11.0. The van der Waals surface area contributed by atoms with Gasteiger partial charge in [-0.2, -0.15) is 0 Å². The molecule has 3 heteroatoms. The van der Waals surface area contributed by atoms with Gasteiger partial charge in [-0.05, 0) is 0 Å². The number of rotatable bonds is 5. The fourth-order valence-electron chi connectivity index (χ4n) is 0.633. The van der Waals surface area contributed by atoms with Crippen LogP contribution in [0.5, 0.6) is 0 Å². The van der Waals surface area contributed by atoms with Crippen LogP contribution in [-0.2, 0) is 4.79 Å². The maximum atomic E-state index is 11.0. The van der Waals surface area contributed by atoms with Crippen LogP contribution in [0.15, 0.2) is 0 Å². The predicted octanol–water partition coefficient (Wildman–Crippen LogP) is 0.124. The molecule has 0 heterocycles. The summed E-state index contributed by atoms with van der Waals surface area (Å²) >= 11 is 0. The molecule has 0 aromatic heterocycles. The second kappa shape index (κ2) is 6.68. The van der Waals surface area contributed by atoms with E-state index < -0.39 is 0 Å². The monoisotopic (exact) mass is 168 g/mol. The molecule has 0 aromatic carbocycles. The minimum atomic E-state index is -0.000972. The third-order valence-corrected chi connectivity index (χ3v) is 1.26. The lowest BCUT2D eigenvalue weighted by atomic mass is 10.4. The lowest BCUT2D eigenvalue weighted by Gasteiger charge is -2.07. The molecule has 0 aromatic rings. The van der Waals surface area contributed by atoms with E-state index >= 15 is 0 Å². The average Bonchev–Trinajstić information content (AvgIpc) is 2.01. The summed E-state index contributed by atoms with van der Waals surface area (Å²) in [7, 11) is 0. The second-order valence-corrected chi connectivity index (χ2v) is 2.84. The Bertz CT molecular complexity index is 170. The van der Waals surface area contributed by atoms with Crippen LogP contribution < -0.4 is 10.6 Å². The number of carbonyl (C=O) groups is 1. The zero-order valence-corrected chi connectivity index (χ0v) is 7.68. The highest BCUT2D eigenvalue weighted by molar-refractivity contribution is 5.77. The van der Waals surface area contributed by atoms with Crippen LogP contribution in [0.25, 0.3) is 0 Å². The minimum Gasteiger partial charge on any atom is -0.354 e. The quantitative estimate of drug-likeness (QED) is 0.452. The van der Waals surface area contributed by atoms with Crippen molar-refractivity contribution in [3.8, 4) is 12.3 Å². The van der Waals surface area contributed by atoms with Crippen molar-refractivity contribution in [3.63, 3.8) is 0 Å². The number of nitrogens with one attached hydrogen (secondary N) is 2. The van der Waals surface area contributed by atoms with Crippen LogP contribution >= 0.6 is 0 Å². The second-order valence-electron chi connectivity index (χ2n) is 2.84. The molecular weight excluding hydrogens is 152 g/mol. The molecule has 0 unspecified atom stereocenters. The van der Waals surface area contributed by atoms with Gasteiger partial charge in [0.2, 0.25) is 5.91 Å². The van der Waals surface area contributed by atoms with E-state index in [1.165, 1.54) is 0 Å². The van der Waals surface area contributed by atoms with Crippen molar-refractivity contribution in [2.45, 2.75) is 26.3 Å². The first-order valence-electron chi connectivity index (χ1n) is 4.10. The van der Waals surface area contributed by atoms with Crippen molar-refractivity contribution >= 4 is 5.91 Å². The fraction of sp³-hybridized carbons (Fsp3) is 0.667. The van der Waals surface area contributed by atoms with Crippen LogP contribution in [-0.4, -0.2) is 25.0 Å². The Labute approximate surface area is 73.9 Å². The van der Waals surface area contributed by atoms with Gasteiger partial charge in [-0.25, -0.2) is 0 Å². The van der Waals surface area contributed by atoms with Crippen LogP contribution in [0.3, 0.4) is 0 Å².